The summed E-state index contributed by atoms with van der Waals surface area (Å²) in [5.74, 6) is 0.561. The maximum atomic E-state index is 10.9. The van der Waals surface area contributed by atoms with Crippen LogP contribution in [0.15, 0.2) is 0 Å². The van der Waals surface area contributed by atoms with Crippen LogP contribution in [0.2, 0.25) is 0 Å². The van der Waals surface area contributed by atoms with Crippen molar-refractivity contribution < 1.29 is 10.2 Å². The Balaban J connectivity index is 2.43. The molecule has 0 radical (unpaired) electrons. The molecule has 2 nitrogen and oxygen atoms in total. The van der Waals surface area contributed by atoms with Gasteiger partial charge in [-0.3, -0.25) is 0 Å². The van der Waals surface area contributed by atoms with Gasteiger partial charge in [0.25, 0.3) is 0 Å². The Morgan fingerprint density at radius 1 is 1.11 bits per heavy atom. The zero-order valence-corrected chi connectivity index (χ0v) is 12.7. The molecule has 2 fully saturated rings. The normalized spacial score (nSPS) is 49.2. The lowest BCUT2D eigenvalue weighted by molar-refractivity contribution is -0.206. The van der Waals surface area contributed by atoms with Gasteiger partial charge in [-0.25, -0.2) is 0 Å². The zero-order valence-electron chi connectivity index (χ0n) is 12.7. The van der Waals surface area contributed by atoms with Gasteiger partial charge in [-0.05, 0) is 49.4 Å². The number of rotatable bonds is 2. The van der Waals surface area contributed by atoms with Crippen LogP contribution < -0.4 is 0 Å². The molecule has 2 aliphatic carbocycles. The van der Waals surface area contributed by atoms with E-state index in [1.54, 1.807) is 0 Å². The molecule has 2 heteroatoms. The van der Waals surface area contributed by atoms with Crippen LogP contribution in [0.1, 0.15) is 73.1 Å². The second-order valence-electron chi connectivity index (χ2n) is 8.28. The van der Waals surface area contributed by atoms with Crippen molar-refractivity contribution in [1.82, 2.24) is 0 Å². The molecule has 4 atom stereocenters. The summed E-state index contributed by atoms with van der Waals surface area (Å²) in [7, 11) is 0. The molecule has 0 aromatic heterocycles. The minimum absolute atomic E-state index is 0.0932. The molecule has 2 N–H and O–H groups in total. The second kappa shape index (κ2) is 3.96. The van der Waals surface area contributed by atoms with Gasteiger partial charge in [-0.15, -0.1) is 0 Å². The minimum atomic E-state index is -0.709. The molecule has 0 amide bonds. The first-order valence-corrected chi connectivity index (χ1v) is 7.48. The van der Waals surface area contributed by atoms with Crippen LogP contribution in [0.5, 0.6) is 0 Å². The smallest absolute Gasteiger partial charge is 0.0683 e. The van der Waals surface area contributed by atoms with Crippen molar-refractivity contribution >= 4 is 0 Å². The van der Waals surface area contributed by atoms with Crippen LogP contribution in [-0.4, -0.2) is 21.4 Å². The Morgan fingerprint density at radius 2 is 1.72 bits per heavy atom. The van der Waals surface area contributed by atoms with Gasteiger partial charge in [0.1, 0.15) is 0 Å². The molecule has 18 heavy (non-hydrogen) atoms. The summed E-state index contributed by atoms with van der Waals surface area (Å²) in [6.07, 6.45) is 5.36. The third-order valence-electron chi connectivity index (χ3n) is 5.88. The average Bonchev–Trinajstić information content (AvgIpc) is 2.11. The predicted molar refractivity (Wildman–Crippen MR) is 74.3 cm³/mol. The Bertz CT molecular complexity index is 330. The number of hydrogen-bond donors (Lipinski definition) is 2. The van der Waals surface area contributed by atoms with Crippen LogP contribution in [0, 0.1) is 16.7 Å². The highest BCUT2D eigenvalue weighted by Gasteiger charge is 2.59. The van der Waals surface area contributed by atoms with Gasteiger partial charge < -0.3 is 10.2 Å². The van der Waals surface area contributed by atoms with E-state index in [0.29, 0.717) is 12.3 Å². The van der Waals surface area contributed by atoms with E-state index >= 15 is 0 Å². The lowest BCUT2D eigenvalue weighted by atomic mass is 9.45. The predicted octanol–water partition coefficient (Wildman–Crippen LogP) is 3.50. The maximum absolute atomic E-state index is 10.9. The topological polar surface area (TPSA) is 40.5 Å². The van der Waals surface area contributed by atoms with E-state index in [-0.39, 0.29) is 10.8 Å². The summed E-state index contributed by atoms with van der Waals surface area (Å²) < 4.78 is 0. The number of aliphatic hydroxyl groups is 2. The van der Waals surface area contributed by atoms with Gasteiger partial charge in [0, 0.05) is 6.42 Å². The molecular weight excluding hydrogens is 224 g/mol. The Labute approximate surface area is 112 Å². The van der Waals surface area contributed by atoms with Gasteiger partial charge in [0.05, 0.1) is 11.2 Å². The molecule has 0 spiro atoms. The molecular formula is C16H30O2. The van der Waals surface area contributed by atoms with Crippen LogP contribution in [0.25, 0.3) is 0 Å². The summed E-state index contributed by atoms with van der Waals surface area (Å²) in [6.45, 7) is 11.0. The largest absolute Gasteiger partial charge is 0.390 e. The van der Waals surface area contributed by atoms with E-state index in [1.807, 2.05) is 6.92 Å². The summed E-state index contributed by atoms with van der Waals surface area (Å²) in [4.78, 5) is 0. The van der Waals surface area contributed by atoms with Gasteiger partial charge >= 0.3 is 0 Å². The van der Waals surface area contributed by atoms with E-state index in [4.69, 9.17) is 0 Å². The molecule has 2 saturated carbocycles. The Morgan fingerprint density at radius 3 is 2.28 bits per heavy atom. The fourth-order valence-corrected chi connectivity index (χ4v) is 5.06. The van der Waals surface area contributed by atoms with Crippen LogP contribution in [0.4, 0.5) is 0 Å². The Hall–Kier alpha value is -0.0800. The molecule has 0 aromatic rings. The summed E-state index contributed by atoms with van der Waals surface area (Å²) in [5.41, 5.74) is -1.08. The molecule has 0 aliphatic heterocycles. The van der Waals surface area contributed by atoms with Crippen molar-refractivity contribution in [3.05, 3.63) is 0 Å². The van der Waals surface area contributed by atoms with Crippen molar-refractivity contribution in [2.45, 2.75) is 84.3 Å². The summed E-state index contributed by atoms with van der Waals surface area (Å²) in [6, 6.07) is 0. The molecule has 2 bridgehead atoms. The first-order chi connectivity index (χ1) is 8.03. The van der Waals surface area contributed by atoms with Crippen LogP contribution in [-0.2, 0) is 0 Å². The summed E-state index contributed by atoms with van der Waals surface area (Å²) in [5, 5.41) is 21.5. The van der Waals surface area contributed by atoms with Gasteiger partial charge in [0.15, 0.2) is 0 Å². The lowest BCUT2D eigenvalue weighted by Gasteiger charge is -2.62. The van der Waals surface area contributed by atoms with Crippen molar-refractivity contribution in [1.29, 1.82) is 0 Å². The van der Waals surface area contributed by atoms with E-state index < -0.39 is 11.2 Å². The lowest BCUT2D eigenvalue weighted by Crippen LogP contribution is -2.60. The SMILES string of the molecule is CCC(C)(C)C12CC(C)CC(O)(CC(C)(O)C1)C2. The molecule has 0 heterocycles. The summed E-state index contributed by atoms with van der Waals surface area (Å²) >= 11 is 0. The first kappa shape index (κ1) is 14.3. The third-order valence-corrected chi connectivity index (χ3v) is 5.88. The fourth-order valence-electron chi connectivity index (χ4n) is 5.06. The first-order valence-electron chi connectivity index (χ1n) is 7.48. The molecule has 2 rings (SSSR count). The number of hydrogen-bond acceptors (Lipinski definition) is 2. The molecule has 0 saturated heterocycles. The maximum Gasteiger partial charge on any atom is 0.0683 e. The molecule has 0 aromatic carbocycles. The number of fused-ring (bicyclic) bond motifs is 2. The standard InChI is InChI=1S/C16H30O2/c1-6-13(3,4)15-7-12(2)8-16(18,11-15)10-14(5,17)9-15/h12,17-18H,6-11H2,1-5H3. The van der Waals surface area contributed by atoms with Crippen molar-refractivity contribution in [3.8, 4) is 0 Å². The van der Waals surface area contributed by atoms with E-state index in [1.165, 1.54) is 0 Å². The van der Waals surface area contributed by atoms with Crippen molar-refractivity contribution in [2.24, 2.45) is 16.7 Å². The molecule has 106 valence electrons. The third kappa shape index (κ3) is 2.22. The fraction of sp³-hybridized carbons (Fsp3) is 1.00. The van der Waals surface area contributed by atoms with Gasteiger partial charge in [-0.2, -0.15) is 0 Å². The average molecular weight is 254 g/mol. The van der Waals surface area contributed by atoms with Crippen molar-refractivity contribution in [2.75, 3.05) is 0 Å². The van der Waals surface area contributed by atoms with E-state index in [2.05, 4.69) is 27.7 Å². The van der Waals surface area contributed by atoms with Crippen molar-refractivity contribution in [3.63, 3.8) is 0 Å². The quantitative estimate of drug-likeness (QED) is 0.791. The highest BCUT2D eigenvalue weighted by Crippen LogP contribution is 2.63. The molecule has 4 unspecified atom stereocenters. The van der Waals surface area contributed by atoms with E-state index in [9.17, 15) is 10.2 Å². The highest BCUT2D eigenvalue weighted by atomic mass is 16.3. The second-order valence-corrected chi connectivity index (χ2v) is 8.28. The van der Waals surface area contributed by atoms with E-state index in [0.717, 1.165) is 32.1 Å². The van der Waals surface area contributed by atoms with Gasteiger partial charge in [0.2, 0.25) is 0 Å². The highest BCUT2D eigenvalue weighted by molar-refractivity contribution is 5.11. The molecule has 2 aliphatic rings. The van der Waals surface area contributed by atoms with Crippen LogP contribution >= 0.6 is 0 Å². The van der Waals surface area contributed by atoms with Crippen LogP contribution in [0.3, 0.4) is 0 Å². The minimum Gasteiger partial charge on any atom is -0.390 e. The van der Waals surface area contributed by atoms with Gasteiger partial charge in [-0.1, -0.05) is 34.1 Å². The Kier molecular flexibility index (Phi) is 3.15. The monoisotopic (exact) mass is 254 g/mol. The zero-order chi connectivity index (χ0) is 13.8.